The summed E-state index contributed by atoms with van der Waals surface area (Å²) in [5.74, 6) is -0.194. The molecule has 6 heteroatoms. The summed E-state index contributed by atoms with van der Waals surface area (Å²) in [6.07, 6.45) is 0.749. The van der Waals surface area contributed by atoms with Gasteiger partial charge in [0.2, 0.25) is 0 Å². The molecule has 0 aliphatic carbocycles. The molecule has 6 nitrogen and oxygen atoms in total. The molecular formula is C14H28O6. The zero-order chi connectivity index (χ0) is 15.3. The summed E-state index contributed by atoms with van der Waals surface area (Å²) in [4.78, 5) is 11.6. The van der Waals surface area contributed by atoms with Crippen LogP contribution in [0.25, 0.3) is 0 Å². The summed E-state index contributed by atoms with van der Waals surface area (Å²) < 4.78 is 20.7. The van der Waals surface area contributed by atoms with E-state index in [-0.39, 0.29) is 19.2 Å². The van der Waals surface area contributed by atoms with Crippen LogP contribution in [0.1, 0.15) is 27.2 Å². The molecule has 0 saturated carbocycles. The summed E-state index contributed by atoms with van der Waals surface area (Å²) in [6.45, 7) is 8.54. The van der Waals surface area contributed by atoms with Crippen LogP contribution in [0.4, 0.5) is 0 Å². The van der Waals surface area contributed by atoms with E-state index in [4.69, 9.17) is 24.1 Å². The van der Waals surface area contributed by atoms with Crippen molar-refractivity contribution in [3.8, 4) is 0 Å². The largest absolute Gasteiger partial charge is 0.463 e. The van der Waals surface area contributed by atoms with E-state index in [2.05, 4.69) is 0 Å². The molecule has 0 aromatic heterocycles. The third-order valence-corrected chi connectivity index (χ3v) is 2.88. The van der Waals surface area contributed by atoms with Gasteiger partial charge in [-0.05, 0) is 20.3 Å². The van der Waals surface area contributed by atoms with Crippen molar-refractivity contribution in [1.29, 1.82) is 0 Å². The Morgan fingerprint density at radius 3 is 1.80 bits per heavy atom. The molecule has 0 heterocycles. The van der Waals surface area contributed by atoms with Crippen LogP contribution < -0.4 is 0 Å². The number of ether oxygens (including phenoxy) is 4. The predicted octanol–water partition coefficient (Wildman–Crippen LogP) is 1.01. The van der Waals surface area contributed by atoms with E-state index in [1.807, 2.05) is 20.8 Å². The Kier molecular flexibility index (Phi) is 11.7. The van der Waals surface area contributed by atoms with Gasteiger partial charge >= 0.3 is 5.97 Å². The van der Waals surface area contributed by atoms with Crippen LogP contribution in [0.5, 0.6) is 0 Å². The number of rotatable bonds is 13. The van der Waals surface area contributed by atoms with Gasteiger partial charge in [-0.3, -0.25) is 4.79 Å². The molecule has 0 spiro atoms. The Morgan fingerprint density at radius 2 is 1.35 bits per heavy atom. The van der Waals surface area contributed by atoms with Crippen LogP contribution in [0.15, 0.2) is 0 Å². The molecule has 0 rings (SSSR count). The maximum absolute atomic E-state index is 11.6. The zero-order valence-electron chi connectivity index (χ0n) is 12.9. The Hall–Kier alpha value is -0.690. The van der Waals surface area contributed by atoms with Gasteiger partial charge in [0.25, 0.3) is 0 Å². The van der Waals surface area contributed by atoms with Gasteiger partial charge in [-0.15, -0.1) is 0 Å². The number of esters is 1. The lowest BCUT2D eigenvalue weighted by molar-refractivity contribution is -0.155. The maximum Gasteiger partial charge on any atom is 0.311 e. The third kappa shape index (κ3) is 10.1. The number of hydrogen-bond acceptors (Lipinski definition) is 6. The number of hydrogen-bond donors (Lipinski definition) is 1. The van der Waals surface area contributed by atoms with Crippen molar-refractivity contribution < 1.29 is 28.8 Å². The normalized spacial score (nSPS) is 11.6. The quantitative estimate of drug-likeness (QED) is 0.403. The Balaban J connectivity index is 3.27. The first-order valence-electron chi connectivity index (χ1n) is 7.06. The Labute approximate surface area is 121 Å². The molecule has 0 aliphatic rings. The average molecular weight is 292 g/mol. The molecule has 0 aliphatic heterocycles. The Morgan fingerprint density at radius 1 is 0.900 bits per heavy atom. The van der Waals surface area contributed by atoms with Crippen LogP contribution in [-0.4, -0.2) is 63.9 Å². The summed E-state index contributed by atoms with van der Waals surface area (Å²) >= 11 is 0. The molecule has 0 amide bonds. The van der Waals surface area contributed by atoms with E-state index in [0.29, 0.717) is 39.6 Å². The van der Waals surface area contributed by atoms with Crippen LogP contribution >= 0.6 is 0 Å². The lowest BCUT2D eigenvalue weighted by Crippen LogP contribution is -2.27. The SMILES string of the molecule is CCC(C)(C)C(=O)OCCOCCOCCOCCO. The van der Waals surface area contributed by atoms with E-state index < -0.39 is 5.41 Å². The van der Waals surface area contributed by atoms with Crippen LogP contribution in [0, 0.1) is 5.41 Å². The lowest BCUT2D eigenvalue weighted by Gasteiger charge is -2.20. The van der Waals surface area contributed by atoms with E-state index in [1.54, 1.807) is 0 Å². The van der Waals surface area contributed by atoms with Gasteiger partial charge in [0.05, 0.1) is 51.7 Å². The van der Waals surface area contributed by atoms with Crippen LogP contribution in [0.3, 0.4) is 0 Å². The van der Waals surface area contributed by atoms with E-state index in [9.17, 15) is 4.79 Å². The first-order valence-corrected chi connectivity index (χ1v) is 7.06. The van der Waals surface area contributed by atoms with Crippen molar-refractivity contribution in [3.63, 3.8) is 0 Å². The van der Waals surface area contributed by atoms with Crippen molar-refractivity contribution in [1.82, 2.24) is 0 Å². The number of carbonyl (C=O) groups is 1. The molecule has 0 aromatic carbocycles. The number of carbonyl (C=O) groups excluding carboxylic acids is 1. The highest BCUT2D eigenvalue weighted by Gasteiger charge is 2.26. The summed E-state index contributed by atoms with van der Waals surface area (Å²) in [6, 6.07) is 0. The molecular weight excluding hydrogens is 264 g/mol. The zero-order valence-corrected chi connectivity index (χ0v) is 12.9. The monoisotopic (exact) mass is 292 g/mol. The molecule has 0 unspecified atom stereocenters. The molecule has 0 atom stereocenters. The van der Waals surface area contributed by atoms with Crippen molar-refractivity contribution >= 4 is 5.97 Å². The standard InChI is InChI=1S/C14H28O6/c1-4-14(2,3)13(16)20-12-11-19-10-9-18-8-7-17-6-5-15/h15H,4-12H2,1-3H3. The molecule has 0 saturated heterocycles. The first kappa shape index (κ1) is 19.3. The van der Waals surface area contributed by atoms with Crippen molar-refractivity contribution in [3.05, 3.63) is 0 Å². The van der Waals surface area contributed by atoms with Gasteiger partial charge in [-0.25, -0.2) is 0 Å². The highest BCUT2D eigenvalue weighted by molar-refractivity contribution is 5.75. The van der Waals surface area contributed by atoms with Gasteiger partial charge in [-0.2, -0.15) is 0 Å². The summed E-state index contributed by atoms with van der Waals surface area (Å²) in [7, 11) is 0. The molecule has 20 heavy (non-hydrogen) atoms. The molecule has 0 radical (unpaired) electrons. The van der Waals surface area contributed by atoms with Crippen molar-refractivity contribution in [2.45, 2.75) is 27.2 Å². The minimum atomic E-state index is -0.433. The lowest BCUT2D eigenvalue weighted by atomic mass is 9.91. The summed E-state index contributed by atoms with van der Waals surface area (Å²) in [5.41, 5.74) is -0.433. The maximum atomic E-state index is 11.6. The molecule has 0 bridgehead atoms. The number of aliphatic hydroxyl groups excluding tert-OH is 1. The fraction of sp³-hybridized carbons (Fsp3) is 0.929. The van der Waals surface area contributed by atoms with Crippen LogP contribution in [-0.2, 0) is 23.7 Å². The van der Waals surface area contributed by atoms with Gasteiger partial charge in [0, 0.05) is 0 Å². The minimum Gasteiger partial charge on any atom is -0.463 e. The highest BCUT2D eigenvalue weighted by atomic mass is 16.6. The Bertz CT molecular complexity index is 242. The van der Waals surface area contributed by atoms with E-state index in [1.165, 1.54) is 0 Å². The molecule has 0 aromatic rings. The fourth-order valence-corrected chi connectivity index (χ4v) is 1.14. The molecule has 0 fully saturated rings. The van der Waals surface area contributed by atoms with Gasteiger partial charge in [0.15, 0.2) is 0 Å². The average Bonchev–Trinajstić information content (AvgIpc) is 2.44. The van der Waals surface area contributed by atoms with Crippen molar-refractivity contribution in [2.75, 3.05) is 52.9 Å². The summed E-state index contributed by atoms with van der Waals surface area (Å²) in [5, 5.41) is 8.47. The van der Waals surface area contributed by atoms with Crippen LogP contribution in [0.2, 0.25) is 0 Å². The second-order valence-corrected chi connectivity index (χ2v) is 4.93. The molecule has 1 N–H and O–H groups in total. The second kappa shape index (κ2) is 12.1. The first-order chi connectivity index (χ1) is 9.54. The van der Waals surface area contributed by atoms with Crippen molar-refractivity contribution in [2.24, 2.45) is 5.41 Å². The molecule has 120 valence electrons. The van der Waals surface area contributed by atoms with Gasteiger partial charge in [0.1, 0.15) is 6.61 Å². The third-order valence-electron chi connectivity index (χ3n) is 2.88. The van der Waals surface area contributed by atoms with E-state index in [0.717, 1.165) is 6.42 Å². The highest BCUT2D eigenvalue weighted by Crippen LogP contribution is 2.21. The second-order valence-electron chi connectivity index (χ2n) is 4.93. The van der Waals surface area contributed by atoms with Gasteiger partial charge < -0.3 is 24.1 Å². The van der Waals surface area contributed by atoms with Gasteiger partial charge in [-0.1, -0.05) is 6.92 Å². The predicted molar refractivity (Wildman–Crippen MR) is 74.6 cm³/mol. The fourth-order valence-electron chi connectivity index (χ4n) is 1.14. The van der Waals surface area contributed by atoms with E-state index >= 15 is 0 Å². The topological polar surface area (TPSA) is 74.2 Å². The number of aliphatic hydroxyl groups is 1. The smallest absolute Gasteiger partial charge is 0.311 e. The minimum absolute atomic E-state index is 0.0245.